The van der Waals surface area contributed by atoms with Crippen molar-refractivity contribution in [2.45, 2.75) is 33.5 Å². The Labute approximate surface area is 123 Å². The highest BCUT2D eigenvalue weighted by Gasteiger charge is 2.18. The van der Waals surface area contributed by atoms with E-state index in [-0.39, 0.29) is 22.9 Å². The number of amides is 1. The van der Waals surface area contributed by atoms with Gasteiger partial charge in [0.1, 0.15) is 5.75 Å². The summed E-state index contributed by atoms with van der Waals surface area (Å²) >= 11 is 0. The molecule has 0 aliphatic rings. The van der Waals surface area contributed by atoms with Gasteiger partial charge in [0.25, 0.3) is 11.6 Å². The number of ether oxygens (including phenoxy) is 1. The van der Waals surface area contributed by atoms with Crippen molar-refractivity contribution in [2.75, 3.05) is 6.54 Å². The Hall–Kier alpha value is -2.15. The molecule has 1 rings (SSSR count). The number of aliphatic hydroxyl groups excluding tert-OH is 1. The smallest absolute Gasteiger partial charge is 0.270 e. The maximum absolute atomic E-state index is 11.8. The van der Waals surface area contributed by atoms with Crippen LogP contribution in [0.3, 0.4) is 0 Å². The highest BCUT2D eigenvalue weighted by atomic mass is 16.6. The van der Waals surface area contributed by atoms with Crippen molar-refractivity contribution >= 4 is 11.6 Å². The molecule has 21 heavy (non-hydrogen) atoms. The van der Waals surface area contributed by atoms with Crippen LogP contribution >= 0.6 is 0 Å². The maximum Gasteiger partial charge on any atom is 0.270 e. The molecule has 7 heteroatoms. The summed E-state index contributed by atoms with van der Waals surface area (Å²) in [6, 6.07) is 3.89. The molecule has 0 aliphatic carbocycles. The lowest BCUT2D eigenvalue weighted by Gasteiger charge is -2.17. The van der Waals surface area contributed by atoms with Gasteiger partial charge in [0.05, 0.1) is 11.5 Å². The van der Waals surface area contributed by atoms with Gasteiger partial charge in [-0.1, -0.05) is 13.8 Å². The Bertz CT molecular complexity index is 516. The van der Waals surface area contributed by atoms with Gasteiger partial charge in [0.15, 0.2) is 6.10 Å². The first-order valence-electron chi connectivity index (χ1n) is 6.67. The topological polar surface area (TPSA) is 102 Å². The van der Waals surface area contributed by atoms with Gasteiger partial charge < -0.3 is 15.2 Å². The first-order chi connectivity index (χ1) is 9.85. The molecule has 1 aromatic carbocycles. The van der Waals surface area contributed by atoms with E-state index in [4.69, 9.17) is 4.74 Å². The van der Waals surface area contributed by atoms with Crippen LogP contribution in [-0.2, 0) is 11.4 Å². The molecule has 0 saturated carbocycles. The molecule has 0 aliphatic heterocycles. The highest BCUT2D eigenvalue weighted by Crippen LogP contribution is 2.25. The molecule has 0 aromatic heterocycles. The van der Waals surface area contributed by atoms with Crippen molar-refractivity contribution in [2.24, 2.45) is 5.92 Å². The van der Waals surface area contributed by atoms with E-state index in [9.17, 15) is 20.0 Å². The van der Waals surface area contributed by atoms with Crippen LogP contribution in [0.5, 0.6) is 5.75 Å². The van der Waals surface area contributed by atoms with E-state index in [1.54, 1.807) is 6.92 Å². The van der Waals surface area contributed by atoms with Crippen molar-refractivity contribution < 1.29 is 19.6 Å². The molecule has 2 N–H and O–H groups in total. The molecule has 1 amide bonds. The van der Waals surface area contributed by atoms with Crippen LogP contribution in [-0.4, -0.2) is 28.6 Å². The van der Waals surface area contributed by atoms with E-state index < -0.39 is 17.6 Å². The largest absolute Gasteiger partial charge is 0.481 e. The van der Waals surface area contributed by atoms with E-state index in [2.05, 4.69) is 5.32 Å². The summed E-state index contributed by atoms with van der Waals surface area (Å²) in [6.45, 7) is 5.67. The minimum absolute atomic E-state index is 0.136. The van der Waals surface area contributed by atoms with Gasteiger partial charge >= 0.3 is 0 Å². The zero-order valence-corrected chi connectivity index (χ0v) is 12.3. The first-order valence-corrected chi connectivity index (χ1v) is 6.67. The lowest BCUT2D eigenvalue weighted by molar-refractivity contribution is -0.385. The van der Waals surface area contributed by atoms with Gasteiger partial charge in [0.2, 0.25) is 0 Å². The molecule has 1 aromatic rings. The molecule has 0 heterocycles. The molecule has 0 spiro atoms. The molecule has 0 radical (unpaired) electrons. The number of nitro groups is 1. The number of nitrogens with zero attached hydrogens (tertiary/aromatic N) is 1. The Kier molecular flexibility index (Phi) is 6.10. The second-order valence-electron chi connectivity index (χ2n) is 5.11. The summed E-state index contributed by atoms with van der Waals surface area (Å²) in [6.07, 6.45) is -0.754. The summed E-state index contributed by atoms with van der Waals surface area (Å²) in [5.41, 5.74) is 0.135. The third-order valence-corrected chi connectivity index (χ3v) is 2.78. The normalized spacial score (nSPS) is 12.0. The van der Waals surface area contributed by atoms with Crippen LogP contribution in [0.15, 0.2) is 18.2 Å². The first kappa shape index (κ1) is 16.9. The van der Waals surface area contributed by atoms with E-state index in [1.807, 2.05) is 13.8 Å². The molecule has 116 valence electrons. The maximum atomic E-state index is 11.8. The van der Waals surface area contributed by atoms with E-state index in [1.165, 1.54) is 18.2 Å². The molecule has 1 atom stereocenters. The zero-order chi connectivity index (χ0) is 16.0. The van der Waals surface area contributed by atoms with Gasteiger partial charge in [-0.2, -0.15) is 0 Å². The number of aliphatic hydroxyl groups is 1. The fraction of sp³-hybridized carbons (Fsp3) is 0.500. The summed E-state index contributed by atoms with van der Waals surface area (Å²) < 4.78 is 5.47. The number of nitrogens with one attached hydrogen (secondary N) is 1. The summed E-state index contributed by atoms with van der Waals surface area (Å²) in [5.74, 6) is 0.315. The van der Waals surface area contributed by atoms with Crippen LogP contribution in [0.25, 0.3) is 0 Å². The second kappa shape index (κ2) is 7.58. The minimum Gasteiger partial charge on any atom is -0.481 e. The van der Waals surface area contributed by atoms with Gasteiger partial charge in [-0.15, -0.1) is 0 Å². The Morgan fingerprint density at radius 2 is 2.10 bits per heavy atom. The number of rotatable bonds is 7. The molecule has 0 saturated heterocycles. The van der Waals surface area contributed by atoms with Crippen LogP contribution < -0.4 is 10.1 Å². The monoisotopic (exact) mass is 296 g/mol. The quantitative estimate of drug-likeness (QED) is 0.588. The van der Waals surface area contributed by atoms with Crippen molar-refractivity contribution in [1.29, 1.82) is 0 Å². The molecule has 1 unspecified atom stereocenters. The second-order valence-corrected chi connectivity index (χ2v) is 5.11. The average Bonchev–Trinajstić information content (AvgIpc) is 2.44. The standard InChI is InChI=1S/C14H20N2O5/c1-9(2)7-15-14(18)10(3)21-13-5-4-12(16(19)20)6-11(13)8-17/h4-6,9-10,17H,7-8H2,1-3H3,(H,15,18). The van der Waals surface area contributed by atoms with Gasteiger partial charge in [0, 0.05) is 24.2 Å². The van der Waals surface area contributed by atoms with Crippen LogP contribution in [0, 0.1) is 16.0 Å². The predicted octanol–water partition coefficient (Wildman–Crippen LogP) is 1.63. The van der Waals surface area contributed by atoms with Crippen LogP contribution in [0.4, 0.5) is 5.69 Å². The van der Waals surface area contributed by atoms with Crippen molar-refractivity contribution in [3.8, 4) is 5.75 Å². The number of nitro benzene ring substituents is 1. The summed E-state index contributed by atoms with van der Waals surface area (Å²) in [7, 11) is 0. The lowest BCUT2D eigenvalue weighted by atomic mass is 10.2. The fourth-order valence-electron chi connectivity index (χ4n) is 1.61. The third-order valence-electron chi connectivity index (χ3n) is 2.78. The zero-order valence-electron chi connectivity index (χ0n) is 12.3. The number of hydrogen-bond acceptors (Lipinski definition) is 5. The number of carbonyl (C=O) groups is 1. The van der Waals surface area contributed by atoms with Crippen LogP contribution in [0.2, 0.25) is 0 Å². The van der Waals surface area contributed by atoms with Gasteiger partial charge in [-0.05, 0) is 18.9 Å². The molecule has 7 nitrogen and oxygen atoms in total. The lowest BCUT2D eigenvalue weighted by Crippen LogP contribution is -2.38. The van der Waals surface area contributed by atoms with E-state index in [0.29, 0.717) is 12.5 Å². The molecular formula is C14H20N2O5. The summed E-state index contributed by atoms with van der Waals surface area (Å²) in [5, 5.41) is 22.7. The molecular weight excluding hydrogens is 276 g/mol. The number of hydrogen-bond donors (Lipinski definition) is 2. The number of non-ortho nitro benzene ring substituents is 1. The Morgan fingerprint density at radius 3 is 2.62 bits per heavy atom. The highest BCUT2D eigenvalue weighted by molar-refractivity contribution is 5.80. The third kappa shape index (κ3) is 5.03. The van der Waals surface area contributed by atoms with Gasteiger partial charge in [-0.25, -0.2) is 0 Å². The van der Waals surface area contributed by atoms with Gasteiger partial charge in [-0.3, -0.25) is 14.9 Å². The van der Waals surface area contributed by atoms with Crippen molar-refractivity contribution in [3.05, 3.63) is 33.9 Å². The number of carbonyl (C=O) groups excluding carboxylic acids is 1. The van der Waals surface area contributed by atoms with E-state index in [0.717, 1.165) is 0 Å². The fourth-order valence-corrected chi connectivity index (χ4v) is 1.61. The molecule has 0 bridgehead atoms. The van der Waals surface area contributed by atoms with E-state index >= 15 is 0 Å². The van der Waals surface area contributed by atoms with Crippen LogP contribution in [0.1, 0.15) is 26.3 Å². The SMILES string of the molecule is CC(C)CNC(=O)C(C)Oc1ccc([N+](=O)[O-])cc1CO. The van der Waals surface area contributed by atoms with Crippen molar-refractivity contribution in [1.82, 2.24) is 5.32 Å². The molecule has 0 fully saturated rings. The van der Waals surface area contributed by atoms with Crippen molar-refractivity contribution in [3.63, 3.8) is 0 Å². The summed E-state index contributed by atoms with van der Waals surface area (Å²) in [4.78, 5) is 21.9. The Morgan fingerprint density at radius 1 is 1.43 bits per heavy atom. The minimum atomic E-state index is -0.754. The predicted molar refractivity (Wildman–Crippen MR) is 77.0 cm³/mol. The Balaban J connectivity index is 2.77. The average molecular weight is 296 g/mol. The number of benzene rings is 1.